The lowest BCUT2D eigenvalue weighted by atomic mass is 10.0. The summed E-state index contributed by atoms with van der Waals surface area (Å²) in [6.07, 6.45) is 1.38. The second-order valence-electron chi connectivity index (χ2n) is 4.60. The van der Waals surface area contributed by atoms with Gasteiger partial charge in [-0.3, -0.25) is 9.59 Å². The summed E-state index contributed by atoms with van der Waals surface area (Å²) < 4.78 is 0. The van der Waals surface area contributed by atoms with Crippen molar-refractivity contribution in [2.45, 2.75) is 32.7 Å². The Kier molecular flexibility index (Phi) is 3.71. The zero-order valence-electron chi connectivity index (χ0n) is 10.5. The number of nitrogens with zero attached hydrogens (tertiary/aromatic N) is 1. The number of aliphatic carboxylic acids is 1. The highest BCUT2D eigenvalue weighted by Gasteiger charge is 2.38. The molecule has 0 spiro atoms. The summed E-state index contributed by atoms with van der Waals surface area (Å²) in [4.78, 5) is 25.9. The van der Waals surface area contributed by atoms with Crippen LogP contribution in [0.15, 0.2) is 11.4 Å². The highest BCUT2D eigenvalue weighted by Crippen LogP contribution is 2.28. The Morgan fingerprint density at radius 1 is 1.56 bits per heavy atom. The summed E-state index contributed by atoms with van der Waals surface area (Å²) in [5, 5.41) is 11.0. The van der Waals surface area contributed by atoms with Gasteiger partial charge in [0, 0.05) is 12.6 Å². The van der Waals surface area contributed by atoms with Crippen LogP contribution in [0.25, 0.3) is 0 Å². The third-order valence-corrected chi connectivity index (χ3v) is 4.60. The number of hydrogen-bond acceptors (Lipinski definition) is 3. The first-order valence-electron chi connectivity index (χ1n) is 6.16. The monoisotopic (exact) mass is 267 g/mol. The minimum Gasteiger partial charge on any atom is -0.481 e. The summed E-state index contributed by atoms with van der Waals surface area (Å²) in [5.41, 5.74) is 1.05. The summed E-state index contributed by atoms with van der Waals surface area (Å²) in [7, 11) is 0. The van der Waals surface area contributed by atoms with Gasteiger partial charge in [-0.15, -0.1) is 11.3 Å². The van der Waals surface area contributed by atoms with Crippen molar-refractivity contribution in [3.8, 4) is 0 Å². The van der Waals surface area contributed by atoms with Crippen molar-refractivity contribution in [2.24, 2.45) is 5.92 Å². The van der Waals surface area contributed by atoms with Crippen molar-refractivity contribution in [3.05, 3.63) is 21.9 Å². The minimum atomic E-state index is -0.806. The summed E-state index contributed by atoms with van der Waals surface area (Å²) in [6.45, 7) is 4.38. The first-order chi connectivity index (χ1) is 8.56. The highest BCUT2D eigenvalue weighted by molar-refractivity contribution is 7.12. The van der Waals surface area contributed by atoms with E-state index in [9.17, 15) is 9.59 Å². The fourth-order valence-corrected chi connectivity index (χ4v) is 3.44. The number of hydrogen-bond donors (Lipinski definition) is 1. The van der Waals surface area contributed by atoms with Crippen LogP contribution in [-0.2, 0) is 11.2 Å². The van der Waals surface area contributed by atoms with E-state index in [1.54, 1.807) is 4.90 Å². The normalized spacial score (nSPS) is 23.3. The Labute approximate surface area is 110 Å². The molecule has 0 saturated carbocycles. The Balaban J connectivity index is 2.18. The fourth-order valence-electron chi connectivity index (χ4n) is 2.49. The predicted octanol–water partition coefficient (Wildman–Crippen LogP) is 2.25. The molecule has 5 heteroatoms. The van der Waals surface area contributed by atoms with Gasteiger partial charge in [0.15, 0.2) is 0 Å². The molecule has 1 aromatic rings. The van der Waals surface area contributed by atoms with Gasteiger partial charge in [0.2, 0.25) is 0 Å². The van der Waals surface area contributed by atoms with E-state index in [2.05, 4.69) is 0 Å². The maximum atomic E-state index is 12.4. The molecule has 0 aliphatic carbocycles. The van der Waals surface area contributed by atoms with E-state index in [1.165, 1.54) is 11.3 Å². The largest absolute Gasteiger partial charge is 0.481 e. The number of carboxylic acids is 1. The van der Waals surface area contributed by atoms with Crippen LogP contribution in [0, 0.1) is 5.92 Å². The van der Waals surface area contributed by atoms with E-state index in [0.29, 0.717) is 13.0 Å². The quantitative estimate of drug-likeness (QED) is 0.913. The zero-order chi connectivity index (χ0) is 13.3. The predicted molar refractivity (Wildman–Crippen MR) is 69.9 cm³/mol. The number of thiophene rings is 1. The average molecular weight is 267 g/mol. The molecule has 1 amide bonds. The van der Waals surface area contributed by atoms with E-state index in [0.717, 1.165) is 16.9 Å². The van der Waals surface area contributed by atoms with E-state index >= 15 is 0 Å². The van der Waals surface area contributed by atoms with Gasteiger partial charge in [-0.1, -0.05) is 6.92 Å². The van der Waals surface area contributed by atoms with Gasteiger partial charge in [-0.2, -0.15) is 0 Å². The molecule has 1 saturated heterocycles. The lowest BCUT2D eigenvalue weighted by Crippen LogP contribution is -2.37. The van der Waals surface area contributed by atoms with Crippen molar-refractivity contribution < 1.29 is 14.7 Å². The molecule has 2 rings (SSSR count). The van der Waals surface area contributed by atoms with Gasteiger partial charge in [-0.05, 0) is 36.8 Å². The Morgan fingerprint density at radius 2 is 2.28 bits per heavy atom. The van der Waals surface area contributed by atoms with Crippen LogP contribution >= 0.6 is 11.3 Å². The van der Waals surface area contributed by atoms with Crippen LogP contribution < -0.4 is 0 Å². The number of carbonyl (C=O) groups excluding carboxylic acids is 1. The van der Waals surface area contributed by atoms with Crippen LogP contribution in [0.1, 0.15) is 35.5 Å². The van der Waals surface area contributed by atoms with Crippen molar-refractivity contribution in [1.29, 1.82) is 0 Å². The van der Waals surface area contributed by atoms with Crippen molar-refractivity contribution in [2.75, 3.05) is 6.54 Å². The molecule has 0 bridgehead atoms. The number of amides is 1. The Morgan fingerprint density at radius 3 is 2.83 bits per heavy atom. The van der Waals surface area contributed by atoms with Gasteiger partial charge in [0.05, 0.1) is 10.8 Å². The molecular formula is C13H17NO3S. The Hall–Kier alpha value is -1.36. The molecule has 2 unspecified atom stereocenters. The second-order valence-corrected chi connectivity index (χ2v) is 5.52. The van der Waals surface area contributed by atoms with E-state index in [-0.39, 0.29) is 11.9 Å². The summed E-state index contributed by atoms with van der Waals surface area (Å²) in [5.74, 6) is -1.25. The number of carboxylic acid groups (broad SMARTS) is 1. The van der Waals surface area contributed by atoms with Gasteiger partial charge >= 0.3 is 5.97 Å². The van der Waals surface area contributed by atoms with Gasteiger partial charge in [-0.25, -0.2) is 0 Å². The molecule has 2 atom stereocenters. The topological polar surface area (TPSA) is 57.6 Å². The third kappa shape index (κ3) is 2.14. The first kappa shape index (κ1) is 13.1. The standard InChI is InChI=1S/C13H17NO3S/c1-3-9-5-7-18-11(9)12(15)14-6-4-10(8(14)2)13(16)17/h5,7-8,10H,3-4,6H2,1-2H3,(H,16,17). The minimum absolute atomic E-state index is 0.0156. The van der Waals surface area contributed by atoms with Crippen molar-refractivity contribution in [1.82, 2.24) is 4.90 Å². The molecule has 1 aliphatic heterocycles. The van der Waals surface area contributed by atoms with E-state index in [1.807, 2.05) is 25.3 Å². The molecule has 18 heavy (non-hydrogen) atoms. The van der Waals surface area contributed by atoms with Gasteiger partial charge in [0.1, 0.15) is 0 Å². The molecule has 1 aliphatic rings. The number of likely N-dealkylation sites (tertiary alicyclic amines) is 1. The highest BCUT2D eigenvalue weighted by atomic mass is 32.1. The van der Waals surface area contributed by atoms with Crippen LogP contribution in [0.5, 0.6) is 0 Å². The molecular weight excluding hydrogens is 250 g/mol. The number of carbonyl (C=O) groups is 2. The van der Waals surface area contributed by atoms with Crippen LogP contribution in [-0.4, -0.2) is 34.5 Å². The van der Waals surface area contributed by atoms with Crippen LogP contribution in [0.3, 0.4) is 0 Å². The maximum Gasteiger partial charge on any atom is 0.308 e. The van der Waals surface area contributed by atoms with E-state index in [4.69, 9.17) is 5.11 Å². The number of rotatable bonds is 3. The van der Waals surface area contributed by atoms with Gasteiger partial charge in [0.25, 0.3) is 5.91 Å². The lowest BCUT2D eigenvalue weighted by Gasteiger charge is -2.23. The first-order valence-corrected chi connectivity index (χ1v) is 7.04. The zero-order valence-corrected chi connectivity index (χ0v) is 11.4. The molecule has 0 radical (unpaired) electrons. The molecule has 1 fully saturated rings. The summed E-state index contributed by atoms with van der Waals surface area (Å²) in [6, 6.07) is 1.75. The lowest BCUT2D eigenvalue weighted by molar-refractivity contribution is -0.142. The number of aryl methyl sites for hydroxylation is 1. The Bertz CT molecular complexity index is 469. The third-order valence-electron chi connectivity index (χ3n) is 3.65. The van der Waals surface area contributed by atoms with Gasteiger partial charge < -0.3 is 10.0 Å². The summed E-state index contributed by atoms with van der Waals surface area (Å²) >= 11 is 1.44. The van der Waals surface area contributed by atoms with Crippen molar-refractivity contribution in [3.63, 3.8) is 0 Å². The van der Waals surface area contributed by atoms with E-state index < -0.39 is 11.9 Å². The average Bonchev–Trinajstić information content (AvgIpc) is 2.93. The molecule has 0 aromatic carbocycles. The second kappa shape index (κ2) is 5.10. The molecule has 2 heterocycles. The molecule has 4 nitrogen and oxygen atoms in total. The molecule has 1 aromatic heterocycles. The maximum absolute atomic E-state index is 12.4. The SMILES string of the molecule is CCc1ccsc1C(=O)N1CCC(C(=O)O)C1C. The van der Waals surface area contributed by atoms with Crippen LogP contribution in [0.4, 0.5) is 0 Å². The fraction of sp³-hybridized carbons (Fsp3) is 0.538. The van der Waals surface area contributed by atoms with Crippen molar-refractivity contribution >= 4 is 23.2 Å². The molecule has 1 N–H and O–H groups in total. The van der Waals surface area contributed by atoms with Crippen LogP contribution in [0.2, 0.25) is 0 Å². The smallest absolute Gasteiger partial charge is 0.308 e. The molecule has 98 valence electrons.